The van der Waals surface area contributed by atoms with Crippen molar-refractivity contribution >= 4 is 17.5 Å². The average Bonchev–Trinajstić information content (AvgIpc) is 2.61. The van der Waals surface area contributed by atoms with Gasteiger partial charge in [0.15, 0.2) is 0 Å². The first kappa shape index (κ1) is 11.1. The normalized spacial score (nSPS) is 12.6. The molecule has 1 aromatic heterocycles. The summed E-state index contributed by atoms with van der Waals surface area (Å²) < 4.78 is 5.07. The molecule has 0 saturated carbocycles. The van der Waals surface area contributed by atoms with Gasteiger partial charge in [0.2, 0.25) is 0 Å². The number of carbonyl (C=O) groups excluding carboxylic acids is 1. The van der Waals surface area contributed by atoms with E-state index in [0.717, 1.165) is 0 Å². The quantitative estimate of drug-likeness (QED) is 0.725. The summed E-state index contributed by atoms with van der Waals surface area (Å²) in [4.78, 5) is 13.5. The standard InChI is InChI=1S/C10H14ClNO2/c1-7(6-11)12(3)10(13)9-4-5-14-8(9)2/h4-5,7H,6H2,1-3H3. The average molecular weight is 216 g/mol. The van der Waals surface area contributed by atoms with Crippen LogP contribution in [0.15, 0.2) is 16.7 Å². The minimum absolute atomic E-state index is 0.0264. The van der Waals surface area contributed by atoms with Gasteiger partial charge in [-0.2, -0.15) is 0 Å². The smallest absolute Gasteiger partial charge is 0.257 e. The van der Waals surface area contributed by atoms with E-state index < -0.39 is 0 Å². The van der Waals surface area contributed by atoms with Gasteiger partial charge in [0.1, 0.15) is 5.76 Å². The zero-order chi connectivity index (χ0) is 10.7. The Bertz CT molecular complexity index is 322. The van der Waals surface area contributed by atoms with Crippen molar-refractivity contribution in [1.29, 1.82) is 0 Å². The van der Waals surface area contributed by atoms with Gasteiger partial charge in [-0.05, 0) is 19.9 Å². The van der Waals surface area contributed by atoms with Crippen molar-refractivity contribution < 1.29 is 9.21 Å². The number of nitrogens with zero attached hydrogens (tertiary/aromatic N) is 1. The van der Waals surface area contributed by atoms with Crippen LogP contribution in [0.1, 0.15) is 23.0 Å². The van der Waals surface area contributed by atoms with Crippen LogP contribution in [0.4, 0.5) is 0 Å². The third-order valence-electron chi connectivity index (χ3n) is 2.29. The minimum atomic E-state index is -0.0515. The van der Waals surface area contributed by atoms with Crippen LogP contribution in [0.3, 0.4) is 0 Å². The lowest BCUT2D eigenvalue weighted by Crippen LogP contribution is -2.36. The fourth-order valence-corrected chi connectivity index (χ4v) is 1.31. The molecule has 1 unspecified atom stereocenters. The van der Waals surface area contributed by atoms with E-state index in [0.29, 0.717) is 17.2 Å². The Morgan fingerprint density at radius 2 is 2.36 bits per heavy atom. The Labute approximate surface area is 88.6 Å². The maximum absolute atomic E-state index is 11.8. The Kier molecular flexibility index (Phi) is 3.58. The first-order valence-corrected chi connectivity index (χ1v) is 4.98. The van der Waals surface area contributed by atoms with E-state index in [-0.39, 0.29) is 11.9 Å². The number of amides is 1. The molecule has 78 valence electrons. The Morgan fingerprint density at radius 3 is 2.79 bits per heavy atom. The van der Waals surface area contributed by atoms with Crippen molar-refractivity contribution in [2.75, 3.05) is 12.9 Å². The van der Waals surface area contributed by atoms with E-state index in [1.807, 2.05) is 6.92 Å². The molecule has 0 N–H and O–H groups in total. The maximum Gasteiger partial charge on any atom is 0.257 e. The fraction of sp³-hybridized carbons (Fsp3) is 0.500. The number of hydrogen-bond donors (Lipinski definition) is 0. The summed E-state index contributed by atoms with van der Waals surface area (Å²) in [6, 6.07) is 1.70. The van der Waals surface area contributed by atoms with E-state index in [2.05, 4.69) is 0 Å². The van der Waals surface area contributed by atoms with Gasteiger partial charge in [-0.1, -0.05) is 0 Å². The second-order valence-electron chi connectivity index (χ2n) is 3.31. The van der Waals surface area contributed by atoms with Gasteiger partial charge in [0.25, 0.3) is 5.91 Å². The first-order chi connectivity index (χ1) is 6.57. The second kappa shape index (κ2) is 4.51. The van der Waals surface area contributed by atoms with Crippen LogP contribution in [0.2, 0.25) is 0 Å². The molecular weight excluding hydrogens is 202 g/mol. The maximum atomic E-state index is 11.8. The lowest BCUT2D eigenvalue weighted by Gasteiger charge is -2.22. The van der Waals surface area contributed by atoms with Crippen LogP contribution < -0.4 is 0 Å². The van der Waals surface area contributed by atoms with E-state index in [4.69, 9.17) is 16.0 Å². The monoisotopic (exact) mass is 215 g/mol. The summed E-state index contributed by atoms with van der Waals surface area (Å²) in [6.45, 7) is 3.67. The molecule has 14 heavy (non-hydrogen) atoms. The molecule has 3 nitrogen and oxygen atoms in total. The summed E-state index contributed by atoms with van der Waals surface area (Å²) in [6.07, 6.45) is 1.52. The van der Waals surface area contributed by atoms with Gasteiger partial charge in [0, 0.05) is 19.0 Å². The van der Waals surface area contributed by atoms with E-state index in [1.165, 1.54) is 6.26 Å². The van der Waals surface area contributed by atoms with E-state index in [1.54, 1.807) is 24.9 Å². The van der Waals surface area contributed by atoms with Crippen LogP contribution in [0, 0.1) is 6.92 Å². The van der Waals surface area contributed by atoms with E-state index >= 15 is 0 Å². The molecule has 0 fully saturated rings. The zero-order valence-corrected chi connectivity index (χ0v) is 9.34. The van der Waals surface area contributed by atoms with Crippen molar-refractivity contribution in [1.82, 2.24) is 4.90 Å². The van der Waals surface area contributed by atoms with Crippen molar-refractivity contribution in [3.8, 4) is 0 Å². The molecule has 0 radical (unpaired) electrons. The molecule has 1 rings (SSSR count). The second-order valence-corrected chi connectivity index (χ2v) is 3.62. The van der Waals surface area contributed by atoms with Crippen molar-refractivity contribution in [2.45, 2.75) is 19.9 Å². The van der Waals surface area contributed by atoms with Gasteiger partial charge in [-0.25, -0.2) is 0 Å². The van der Waals surface area contributed by atoms with Crippen LogP contribution in [-0.4, -0.2) is 29.8 Å². The SMILES string of the molecule is Cc1occc1C(=O)N(C)C(C)CCl. The predicted molar refractivity (Wildman–Crippen MR) is 55.7 cm³/mol. The topological polar surface area (TPSA) is 33.5 Å². The lowest BCUT2D eigenvalue weighted by atomic mass is 10.2. The number of hydrogen-bond acceptors (Lipinski definition) is 2. The highest BCUT2D eigenvalue weighted by atomic mass is 35.5. The van der Waals surface area contributed by atoms with Crippen LogP contribution in [0.25, 0.3) is 0 Å². The molecule has 0 bridgehead atoms. The number of aryl methyl sites for hydroxylation is 1. The highest BCUT2D eigenvalue weighted by Gasteiger charge is 2.19. The summed E-state index contributed by atoms with van der Waals surface area (Å²) >= 11 is 5.67. The zero-order valence-electron chi connectivity index (χ0n) is 8.58. The van der Waals surface area contributed by atoms with Gasteiger partial charge in [-0.3, -0.25) is 4.79 Å². The number of alkyl halides is 1. The molecular formula is C10H14ClNO2. The third kappa shape index (κ3) is 2.10. The van der Waals surface area contributed by atoms with Crippen LogP contribution in [0.5, 0.6) is 0 Å². The molecule has 1 aromatic rings. The number of rotatable bonds is 3. The molecule has 0 aromatic carbocycles. The highest BCUT2D eigenvalue weighted by molar-refractivity contribution is 6.18. The molecule has 1 atom stereocenters. The van der Waals surface area contributed by atoms with Crippen molar-refractivity contribution in [2.24, 2.45) is 0 Å². The van der Waals surface area contributed by atoms with E-state index in [9.17, 15) is 4.79 Å². The molecule has 0 spiro atoms. The fourth-order valence-electron chi connectivity index (χ4n) is 1.10. The van der Waals surface area contributed by atoms with Crippen molar-refractivity contribution in [3.63, 3.8) is 0 Å². The predicted octanol–water partition coefficient (Wildman–Crippen LogP) is 2.29. The number of furan rings is 1. The molecule has 1 amide bonds. The van der Waals surface area contributed by atoms with Crippen molar-refractivity contribution in [3.05, 3.63) is 23.7 Å². The van der Waals surface area contributed by atoms with Crippen LogP contribution in [-0.2, 0) is 0 Å². The molecule has 0 aliphatic rings. The van der Waals surface area contributed by atoms with Gasteiger partial charge >= 0.3 is 0 Å². The summed E-state index contributed by atoms with van der Waals surface area (Å²) in [5, 5.41) is 0. The largest absolute Gasteiger partial charge is 0.469 e. The Hall–Kier alpha value is -0.960. The van der Waals surface area contributed by atoms with Gasteiger partial charge in [0.05, 0.1) is 11.8 Å². The summed E-state index contributed by atoms with van der Waals surface area (Å²) in [5.41, 5.74) is 0.601. The van der Waals surface area contributed by atoms with Crippen LogP contribution >= 0.6 is 11.6 Å². The highest BCUT2D eigenvalue weighted by Crippen LogP contribution is 2.13. The summed E-state index contributed by atoms with van der Waals surface area (Å²) in [7, 11) is 1.74. The molecule has 0 aliphatic heterocycles. The summed E-state index contributed by atoms with van der Waals surface area (Å²) in [5.74, 6) is 1.02. The molecule has 4 heteroatoms. The molecule has 1 heterocycles. The number of halogens is 1. The molecule has 0 aliphatic carbocycles. The third-order valence-corrected chi connectivity index (χ3v) is 2.74. The van der Waals surface area contributed by atoms with Gasteiger partial charge in [-0.15, -0.1) is 11.6 Å². The molecule has 0 saturated heterocycles. The Morgan fingerprint density at radius 1 is 1.71 bits per heavy atom. The first-order valence-electron chi connectivity index (χ1n) is 4.45. The number of carbonyl (C=O) groups is 1. The Balaban J connectivity index is 2.81. The lowest BCUT2D eigenvalue weighted by molar-refractivity contribution is 0.0755. The van der Waals surface area contributed by atoms with Gasteiger partial charge < -0.3 is 9.32 Å². The minimum Gasteiger partial charge on any atom is -0.469 e.